The number of likely N-dealkylation sites (tertiary alicyclic amines) is 1. The number of carbonyl (C=O) groups is 1. The molecule has 2 N–H and O–H groups in total. The molecule has 0 spiro atoms. The van der Waals surface area contributed by atoms with E-state index >= 15 is 0 Å². The molecule has 1 aromatic rings. The lowest BCUT2D eigenvalue weighted by Crippen LogP contribution is -2.36. The highest BCUT2D eigenvalue weighted by molar-refractivity contribution is 5.81. The average Bonchev–Trinajstić information content (AvgIpc) is 2.63. The van der Waals surface area contributed by atoms with Crippen molar-refractivity contribution in [1.82, 2.24) is 4.90 Å². The molecule has 0 aromatic heterocycles. The van der Waals surface area contributed by atoms with Crippen LogP contribution >= 0.6 is 0 Å². The lowest BCUT2D eigenvalue weighted by molar-refractivity contribution is -0.126. The summed E-state index contributed by atoms with van der Waals surface area (Å²) in [5, 5.41) is 0. The summed E-state index contributed by atoms with van der Waals surface area (Å²) < 4.78 is 0. The minimum Gasteiger partial charge on any atom is -0.369 e. The molecule has 16 heavy (non-hydrogen) atoms. The number of nitrogens with zero attached hydrogens (tertiary/aromatic N) is 1. The van der Waals surface area contributed by atoms with Gasteiger partial charge in [-0.3, -0.25) is 9.69 Å². The first-order valence-corrected chi connectivity index (χ1v) is 5.66. The van der Waals surface area contributed by atoms with E-state index in [1.54, 1.807) is 0 Å². The molecule has 3 heteroatoms. The number of hydrogen-bond acceptors (Lipinski definition) is 2. The van der Waals surface area contributed by atoms with Crippen molar-refractivity contribution in [3.05, 3.63) is 35.9 Å². The standard InChI is InChI=1S/C13H18N2O/c1-13(12(14)16)7-8-15(10-13)9-11-5-3-2-4-6-11/h2-6H,7-10H2,1H3,(H2,14,16)/t13-/m1/s1. The average molecular weight is 218 g/mol. The zero-order valence-electron chi connectivity index (χ0n) is 9.65. The summed E-state index contributed by atoms with van der Waals surface area (Å²) in [6.45, 7) is 4.59. The van der Waals surface area contributed by atoms with Crippen molar-refractivity contribution in [2.24, 2.45) is 11.1 Å². The molecule has 0 radical (unpaired) electrons. The number of amides is 1. The van der Waals surface area contributed by atoms with Gasteiger partial charge in [0, 0.05) is 13.1 Å². The number of nitrogens with two attached hydrogens (primary N) is 1. The smallest absolute Gasteiger partial charge is 0.224 e. The van der Waals surface area contributed by atoms with E-state index in [1.165, 1.54) is 5.56 Å². The minimum atomic E-state index is -0.339. The molecule has 1 aliphatic heterocycles. The van der Waals surface area contributed by atoms with E-state index in [1.807, 2.05) is 25.1 Å². The van der Waals surface area contributed by atoms with Crippen LogP contribution in [0.25, 0.3) is 0 Å². The summed E-state index contributed by atoms with van der Waals surface area (Å²) >= 11 is 0. The van der Waals surface area contributed by atoms with Crippen molar-refractivity contribution in [2.45, 2.75) is 19.9 Å². The molecule has 2 rings (SSSR count). The van der Waals surface area contributed by atoms with Gasteiger partial charge in [0.2, 0.25) is 5.91 Å². The first-order chi connectivity index (χ1) is 7.60. The normalized spacial score (nSPS) is 25.8. The van der Waals surface area contributed by atoms with Gasteiger partial charge in [-0.1, -0.05) is 30.3 Å². The summed E-state index contributed by atoms with van der Waals surface area (Å²) in [5.41, 5.74) is 6.37. The van der Waals surface area contributed by atoms with Gasteiger partial charge in [0.25, 0.3) is 0 Å². The van der Waals surface area contributed by atoms with Crippen LogP contribution in [0.15, 0.2) is 30.3 Å². The van der Waals surface area contributed by atoms with E-state index < -0.39 is 0 Å². The molecule has 0 aliphatic carbocycles. The fourth-order valence-corrected chi connectivity index (χ4v) is 2.23. The molecular formula is C13H18N2O. The largest absolute Gasteiger partial charge is 0.369 e. The van der Waals surface area contributed by atoms with Gasteiger partial charge in [-0.05, 0) is 25.5 Å². The van der Waals surface area contributed by atoms with Crippen molar-refractivity contribution in [3.63, 3.8) is 0 Å². The SMILES string of the molecule is C[C@@]1(C(N)=O)CCN(Cc2ccccc2)C1. The quantitative estimate of drug-likeness (QED) is 0.833. The van der Waals surface area contributed by atoms with E-state index in [2.05, 4.69) is 17.0 Å². The van der Waals surface area contributed by atoms with Gasteiger partial charge in [0.1, 0.15) is 0 Å². The number of carbonyl (C=O) groups excluding carboxylic acids is 1. The third-order valence-electron chi connectivity index (χ3n) is 3.40. The van der Waals surface area contributed by atoms with Crippen molar-refractivity contribution in [3.8, 4) is 0 Å². The van der Waals surface area contributed by atoms with Gasteiger partial charge in [-0.25, -0.2) is 0 Å². The van der Waals surface area contributed by atoms with Gasteiger partial charge in [-0.2, -0.15) is 0 Å². The van der Waals surface area contributed by atoms with E-state index in [4.69, 9.17) is 5.73 Å². The molecule has 86 valence electrons. The number of hydrogen-bond donors (Lipinski definition) is 1. The Kier molecular flexibility index (Phi) is 2.97. The zero-order valence-corrected chi connectivity index (χ0v) is 9.65. The second-order valence-corrected chi connectivity index (χ2v) is 4.87. The highest BCUT2D eigenvalue weighted by atomic mass is 16.1. The second kappa shape index (κ2) is 4.26. The lowest BCUT2D eigenvalue weighted by Gasteiger charge is -2.20. The summed E-state index contributed by atoms with van der Waals surface area (Å²) in [6, 6.07) is 10.3. The molecule has 1 fully saturated rings. The van der Waals surface area contributed by atoms with Crippen molar-refractivity contribution < 1.29 is 4.79 Å². The molecule has 0 unspecified atom stereocenters. The molecule has 3 nitrogen and oxygen atoms in total. The number of rotatable bonds is 3. The molecule has 1 aromatic carbocycles. The van der Waals surface area contributed by atoms with Crippen molar-refractivity contribution >= 4 is 5.91 Å². The summed E-state index contributed by atoms with van der Waals surface area (Å²) in [7, 11) is 0. The first-order valence-electron chi connectivity index (χ1n) is 5.66. The Balaban J connectivity index is 1.98. The molecule has 0 bridgehead atoms. The van der Waals surface area contributed by atoms with Gasteiger partial charge in [0.15, 0.2) is 0 Å². The Morgan fingerprint density at radius 2 is 2.12 bits per heavy atom. The highest BCUT2D eigenvalue weighted by Crippen LogP contribution is 2.30. The molecular weight excluding hydrogens is 200 g/mol. The highest BCUT2D eigenvalue weighted by Gasteiger charge is 2.38. The fourth-order valence-electron chi connectivity index (χ4n) is 2.23. The van der Waals surface area contributed by atoms with Crippen LogP contribution in [0.4, 0.5) is 0 Å². The van der Waals surface area contributed by atoms with Crippen molar-refractivity contribution in [1.29, 1.82) is 0 Å². The van der Waals surface area contributed by atoms with Crippen LogP contribution in [-0.4, -0.2) is 23.9 Å². The van der Waals surface area contributed by atoms with E-state index in [0.29, 0.717) is 0 Å². The maximum atomic E-state index is 11.3. The van der Waals surface area contributed by atoms with Crippen LogP contribution in [-0.2, 0) is 11.3 Å². The monoisotopic (exact) mass is 218 g/mol. The Hall–Kier alpha value is -1.35. The third-order valence-corrected chi connectivity index (χ3v) is 3.40. The predicted molar refractivity (Wildman–Crippen MR) is 63.6 cm³/mol. The lowest BCUT2D eigenvalue weighted by atomic mass is 9.89. The predicted octanol–water partition coefficient (Wildman–Crippen LogP) is 1.38. The molecule has 0 saturated carbocycles. The van der Waals surface area contributed by atoms with Crippen LogP contribution in [0, 0.1) is 5.41 Å². The van der Waals surface area contributed by atoms with Gasteiger partial charge in [-0.15, -0.1) is 0 Å². The zero-order chi connectivity index (χ0) is 11.6. The maximum Gasteiger partial charge on any atom is 0.224 e. The topological polar surface area (TPSA) is 46.3 Å². The summed E-state index contributed by atoms with van der Waals surface area (Å²) in [5.74, 6) is -0.178. The Morgan fingerprint density at radius 3 is 2.69 bits per heavy atom. The van der Waals surface area contributed by atoms with E-state index in [-0.39, 0.29) is 11.3 Å². The number of benzene rings is 1. The number of primary amides is 1. The molecule has 1 saturated heterocycles. The Morgan fingerprint density at radius 1 is 1.44 bits per heavy atom. The molecule has 1 atom stereocenters. The van der Waals surface area contributed by atoms with Gasteiger partial charge < -0.3 is 5.73 Å². The minimum absolute atomic E-state index is 0.178. The Labute approximate surface area is 96.2 Å². The summed E-state index contributed by atoms with van der Waals surface area (Å²) in [4.78, 5) is 13.6. The van der Waals surface area contributed by atoms with Crippen LogP contribution in [0.3, 0.4) is 0 Å². The fraction of sp³-hybridized carbons (Fsp3) is 0.462. The molecule has 1 heterocycles. The van der Waals surface area contributed by atoms with Crippen LogP contribution in [0.2, 0.25) is 0 Å². The van der Waals surface area contributed by atoms with Crippen LogP contribution in [0.5, 0.6) is 0 Å². The molecule has 1 aliphatic rings. The Bertz CT molecular complexity index is 377. The second-order valence-electron chi connectivity index (χ2n) is 4.87. The van der Waals surface area contributed by atoms with Crippen LogP contribution in [0.1, 0.15) is 18.9 Å². The first kappa shape index (κ1) is 11.1. The van der Waals surface area contributed by atoms with Gasteiger partial charge >= 0.3 is 0 Å². The van der Waals surface area contributed by atoms with Crippen LogP contribution < -0.4 is 5.73 Å². The van der Waals surface area contributed by atoms with E-state index in [9.17, 15) is 4.79 Å². The van der Waals surface area contributed by atoms with Crippen molar-refractivity contribution in [2.75, 3.05) is 13.1 Å². The summed E-state index contributed by atoms with van der Waals surface area (Å²) in [6.07, 6.45) is 0.870. The van der Waals surface area contributed by atoms with Gasteiger partial charge in [0.05, 0.1) is 5.41 Å². The third kappa shape index (κ3) is 2.25. The van der Waals surface area contributed by atoms with E-state index in [0.717, 1.165) is 26.1 Å². The molecule has 1 amide bonds. The maximum absolute atomic E-state index is 11.3.